The summed E-state index contributed by atoms with van der Waals surface area (Å²) in [7, 11) is 0. The molecule has 0 aromatic carbocycles. The van der Waals surface area contributed by atoms with Gasteiger partial charge in [-0.05, 0) is 38.5 Å². The zero-order chi connectivity index (χ0) is 42.4. The molecule has 4 atom stereocenters. The number of aliphatic hydroxyl groups excluding tert-OH is 4. The number of rotatable bonds is 48. The molecular weight excluding hydrogens is 719 g/mol. The molecule has 0 aliphatic rings. The quantitative estimate of drug-likeness (QED) is 0.0310. The molecule has 0 rings (SSSR count). The number of hydrogen-bond acceptors (Lipinski definition) is 5. The van der Waals surface area contributed by atoms with E-state index in [2.05, 4.69) is 31.3 Å². The smallest absolute Gasteiger partial charge is 0.249 e. The third-order valence-electron chi connectivity index (χ3n) is 12.5. The van der Waals surface area contributed by atoms with Gasteiger partial charge in [-0.2, -0.15) is 0 Å². The molecule has 58 heavy (non-hydrogen) atoms. The summed E-state index contributed by atoms with van der Waals surface area (Å²) in [5.41, 5.74) is 0. The van der Waals surface area contributed by atoms with Gasteiger partial charge in [-0.15, -0.1) is 0 Å². The largest absolute Gasteiger partial charge is 0.394 e. The van der Waals surface area contributed by atoms with Crippen LogP contribution in [0.3, 0.4) is 0 Å². The molecule has 0 heterocycles. The second kappa shape index (κ2) is 47.1. The molecule has 0 aliphatic heterocycles. The summed E-state index contributed by atoms with van der Waals surface area (Å²) in [5, 5.41) is 43.9. The van der Waals surface area contributed by atoms with Gasteiger partial charge < -0.3 is 25.7 Å². The first-order valence-corrected chi connectivity index (χ1v) is 26.1. The highest BCUT2D eigenvalue weighted by atomic mass is 16.3. The first kappa shape index (κ1) is 57.1. The third kappa shape index (κ3) is 40.5. The van der Waals surface area contributed by atoms with Crippen LogP contribution in [0, 0.1) is 0 Å². The zero-order valence-corrected chi connectivity index (χ0v) is 39.1. The number of carbonyl (C=O) groups is 1. The van der Waals surface area contributed by atoms with E-state index < -0.39 is 36.9 Å². The fourth-order valence-corrected chi connectivity index (χ4v) is 8.34. The Morgan fingerprint density at radius 3 is 1.00 bits per heavy atom. The SMILES string of the molecule is CCCCCCCCCCCCCC/C=C\CCCCCCCCCCCC(O)C(=O)NC(CO)C(O)C(O)CCCCCCCCCCCCCCCCCCC. The number of allylic oxidation sites excluding steroid dienone is 2. The van der Waals surface area contributed by atoms with Gasteiger partial charge in [-0.1, -0.05) is 257 Å². The van der Waals surface area contributed by atoms with E-state index in [1.807, 2.05) is 0 Å². The summed E-state index contributed by atoms with van der Waals surface area (Å²) in [6.45, 7) is 4.08. The number of carbonyl (C=O) groups excluding carboxylic acids is 1. The Labute approximate surface area is 362 Å². The lowest BCUT2D eigenvalue weighted by Gasteiger charge is -2.27. The fourth-order valence-electron chi connectivity index (χ4n) is 8.34. The van der Waals surface area contributed by atoms with Crippen molar-refractivity contribution in [1.82, 2.24) is 5.32 Å². The van der Waals surface area contributed by atoms with Crippen LogP contribution in [0.4, 0.5) is 0 Å². The number of aliphatic hydroxyl groups is 4. The van der Waals surface area contributed by atoms with Crippen molar-refractivity contribution >= 4 is 5.91 Å². The van der Waals surface area contributed by atoms with Crippen LogP contribution in [-0.2, 0) is 4.79 Å². The predicted molar refractivity (Wildman–Crippen MR) is 251 cm³/mol. The standard InChI is InChI=1S/C52H103NO5/c1-3-5-7-9-11-13-15-17-19-21-22-23-24-25-26-27-28-30-32-34-36-38-40-42-44-46-50(56)52(58)53-48(47-54)51(57)49(55)45-43-41-39-37-35-33-31-29-20-18-16-14-12-10-8-6-4-2/h25-26,48-51,54-57H,3-24,27-47H2,1-2H3,(H,53,58)/b26-25-. The van der Waals surface area contributed by atoms with Crippen LogP contribution in [0.5, 0.6) is 0 Å². The molecule has 0 fully saturated rings. The molecule has 0 aromatic rings. The minimum Gasteiger partial charge on any atom is -0.394 e. The van der Waals surface area contributed by atoms with Crippen molar-refractivity contribution < 1.29 is 25.2 Å². The first-order valence-electron chi connectivity index (χ1n) is 26.1. The van der Waals surface area contributed by atoms with Gasteiger partial charge in [0.2, 0.25) is 5.91 Å². The summed E-state index contributed by atoms with van der Waals surface area (Å²) in [5.74, 6) is -0.581. The van der Waals surface area contributed by atoms with Crippen LogP contribution in [0.1, 0.15) is 284 Å². The molecule has 0 saturated carbocycles. The zero-order valence-electron chi connectivity index (χ0n) is 39.1. The van der Waals surface area contributed by atoms with Gasteiger partial charge in [0.15, 0.2) is 0 Å². The minimum absolute atomic E-state index is 0.370. The Morgan fingerprint density at radius 1 is 0.414 bits per heavy atom. The summed E-state index contributed by atoms with van der Waals surface area (Å²) >= 11 is 0. The maximum Gasteiger partial charge on any atom is 0.249 e. The van der Waals surface area contributed by atoms with Gasteiger partial charge >= 0.3 is 0 Å². The van der Waals surface area contributed by atoms with Crippen LogP contribution >= 0.6 is 0 Å². The normalized spacial score (nSPS) is 14.0. The van der Waals surface area contributed by atoms with Crippen LogP contribution in [0.15, 0.2) is 12.2 Å². The van der Waals surface area contributed by atoms with Crippen LogP contribution in [0.2, 0.25) is 0 Å². The molecule has 5 N–H and O–H groups in total. The Bertz CT molecular complexity index is 837. The first-order chi connectivity index (χ1) is 28.5. The van der Waals surface area contributed by atoms with Gasteiger partial charge in [-0.3, -0.25) is 4.79 Å². The molecule has 6 heteroatoms. The Morgan fingerprint density at radius 2 is 0.690 bits per heavy atom. The molecule has 0 bridgehead atoms. The molecule has 6 nitrogen and oxygen atoms in total. The van der Waals surface area contributed by atoms with Crippen LogP contribution < -0.4 is 5.32 Å². The molecule has 0 saturated heterocycles. The highest BCUT2D eigenvalue weighted by molar-refractivity contribution is 5.80. The van der Waals surface area contributed by atoms with Gasteiger partial charge in [0.1, 0.15) is 12.2 Å². The lowest BCUT2D eigenvalue weighted by molar-refractivity contribution is -0.132. The molecule has 0 radical (unpaired) electrons. The maximum absolute atomic E-state index is 12.6. The number of hydrogen-bond donors (Lipinski definition) is 5. The van der Waals surface area contributed by atoms with E-state index >= 15 is 0 Å². The predicted octanol–water partition coefficient (Wildman–Crippen LogP) is 14.5. The van der Waals surface area contributed by atoms with E-state index in [-0.39, 0.29) is 0 Å². The van der Waals surface area contributed by atoms with Crippen LogP contribution in [-0.4, -0.2) is 57.3 Å². The second-order valence-electron chi connectivity index (χ2n) is 18.2. The monoisotopic (exact) mass is 822 g/mol. The molecule has 0 aliphatic carbocycles. The Balaban J connectivity index is 3.64. The fraction of sp³-hybridized carbons (Fsp3) is 0.942. The maximum atomic E-state index is 12.6. The Hall–Kier alpha value is -0.950. The van der Waals surface area contributed by atoms with Crippen molar-refractivity contribution in [3.05, 3.63) is 12.2 Å². The van der Waals surface area contributed by atoms with E-state index in [0.717, 1.165) is 38.5 Å². The molecule has 346 valence electrons. The molecule has 1 amide bonds. The molecule has 0 aromatic heterocycles. The number of unbranched alkanes of at least 4 members (excludes halogenated alkanes) is 37. The van der Waals surface area contributed by atoms with Crippen molar-refractivity contribution in [2.45, 2.75) is 308 Å². The van der Waals surface area contributed by atoms with Crippen molar-refractivity contribution in [3.63, 3.8) is 0 Å². The van der Waals surface area contributed by atoms with E-state index in [9.17, 15) is 25.2 Å². The topological polar surface area (TPSA) is 110 Å². The van der Waals surface area contributed by atoms with Gasteiger partial charge in [0.25, 0.3) is 0 Å². The van der Waals surface area contributed by atoms with E-state index in [1.165, 1.54) is 218 Å². The van der Waals surface area contributed by atoms with Gasteiger partial charge in [-0.25, -0.2) is 0 Å². The summed E-state index contributed by atoms with van der Waals surface area (Å²) in [4.78, 5) is 12.6. The second-order valence-corrected chi connectivity index (χ2v) is 18.2. The van der Waals surface area contributed by atoms with Crippen molar-refractivity contribution in [3.8, 4) is 0 Å². The van der Waals surface area contributed by atoms with E-state index in [0.29, 0.717) is 12.8 Å². The van der Waals surface area contributed by atoms with Crippen molar-refractivity contribution in [2.24, 2.45) is 0 Å². The molecule has 0 spiro atoms. The summed E-state index contributed by atoms with van der Waals surface area (Å²) in [6, 6.07) is -0.983. The number of amides is 1. The van der Waals surface area contributed by atoms with E-state index in [1.54, 1.807) is 0 Å². The van der Waals surface area contributed by atoms with Gasteiger partial charge in [0, 0.05) is 0 Å². The van der Waals surface area contributed by atoms with Crippen molar-refractivity contribution in [1.29, 1.82) is 0 Å². The average molecular weight is 822 g/mol. The molecule has 4 unspecified atom stereocenters. The minimum atomic E-state index is -1.26. The highest BCUT2D eigenvalue weighted by Gasteiger charge is 2.28. The number of nitrogens with one attached hydrogen (secondary N) is 1. The lowest BCUT2D eigenvalue weighted by atomic mass is 9.99. The van der Waals surface area contributed by atoms with Crippen molar-refractivity contribution in [2.75, 3.05) is 6.61 Å². The highest BCUT2D eigenvalue weighted by Crippen LogP contribution is 2.18. The average Bonchev–Trinajstić information content (AvgIpc) is 3.23. The lowest BCUT2D eigenvalue weighted by Crippen LogP contribution is -2.53. The summed E-state index contributed by atoms with van der Waals surface area (Å²) in [6.07, 6.45) is 54.0. The molecular formula is C52H103NO5. The van der Waals surface area contributed by atoms with Gasteiger partial charge in [0.05, 0.1) is 18.8 Å². The third-order valence-corrected chi connectivity index (χ3v) is 12.5. The Kier molecular flexibility index (Phi) is 46.3. The van der Waals surface area contributed by atoms with E-state index in [4.69, 9.17) is 0 Å². The summed E-state index contributed by atoms with van der Waals surface area (Å²) < 4.78 is 0. The van der Waals surface area contributed by atoms with Crippen LogP contribution in [0.25, 0.3) is 0 Å².